The van der Waals surface area contributed by atoms with E-state index in [9.17, 15) is 18.0 Å². The van der Waals surface area contributed by atoms with Crippen LogP contribution >= 0.6 is 0 Å². The molecule has 0 unspecified atom stereocenters. The SMILES string of the molecule is Cc1ccc(Nc2cc(N3CCOCC3)cc(C(F)(F)F)c2)cc1-c1cc(C(=O)NC2CCOCC2)on1. The number of carbonyl (C=O) groups excluding carboxylic acids is 1. The molecule has 0 spiro atoms. The zero-order valence-corrected chi connectivity index (χ0v) is 20.9. The predicted octanol–water partition coefficient (Wildman–Crippen LogP) is 5.16. The quantitative estimate of drug-likeness (QED) is 0.455. The molecule has 5 rings (SSSR count). The first-order chi connectivity index (χ1) is 18.3. The number of benzene rings is 2. The topological polar surface area (TPSA) is 88.9 Å². The molecule has 8 nitrogen and oxygen atoms in total. The van der Waals surface area contributed by atoms with Crippen LogP contribution < -0.4 is 15.5 Å². The molecule has 1 aromatic heterocycles. The van der Waals surface area contributed by atoms with Gasteiger partial charge in [-0.25, -0.2) is 0 Å². The van der Waals surface area contributed by atoms with E-state index in [2.05, 4.69) is 15.8 Å². The number of nitrogens with zero attached hydrogens (tertiary/aromatic N) is 2. The van der Waals surface area contributed by atoms with Gasteiger partial charge in [-0.05, 0) is 55.7 Å². The van der Waals surface area contributed by atoms with E-state index in [1.54, 1.807) is 24.3 Å². The number of hydrogen-bond donors (Lipinski definition) is 2. The van der Waals surface area contributed by atoms with Crippen molar-refractivity contribution in [2.24, 2.45) is 0 Å². The van der Waals surface area contributed by atoms with Crippen molar-refractivity contribution in [2.45, 2.75) is 32.0 Å². The van der Waals surface area contributed by atoms with E-state index in [1.165, 1.54) is 6.07 Å². The minimum atomic E-state index is -4.49. The van der Waals surface area contributed by atoms with Gasteiger partial charge in [0.15, 0.2) is 0 Å². The van der Waals surface area contributed by atoms with Crippen molar-refractivity contribution in [1.29, 1.82) is 0 Å². The number of morpholine rings is 1. The maximum absolute atomic E-state index is 13.7. The molecule has 38 heavy (non-hydrogen) atoms. The fraction of sp³-hybridized carbons (Fsp3) is 0.407. The van der Waals surface area contributed by atoms with Crippen LogP contribution in [0.15, 0.2) is 47.0 Å². The highest BCUT2D eigenvalue weighted by atomic mass is 19.4. The largest absolute Gasteiger partial charge is 0.416 e. The molecule has 2 aliphatic heterocycles. The normalized spacial score (nSPS) is 16.9. The number of aromatic nitrogens is 1. The van der Waals surface area contributed by atoms with Crippen molar-refractivity contribution >= 4 is 23.0 Å². The molecule has 2 aliphatic rings. The summed E-state index contributed by atoms with van der Waals surface area (Å²) in [6, 6.07) is 11.0. The molecular formula is C27H29F3N4O4. The second kappa shape index (κ2) is 11.0. The Hall–Kier alpha value is -3.57. The third-order valence-electron chi connectivity index (χ3n) is 6.71. The second-order valence-corrected chi connectivity index (χ2v) is 9.46. The lowest BCUT2D eigenvalue weighted by molar-refractivity contribution is -0.137. The number of aryl methyl sites for hydroxylation is 1. The average Bonchev–Trinajstić information content (AvgIpc) is 3.41. The maximum Gasteiger partial charge on any atom is 0.416 e. The summed E-state index contributed by atoms with van der Waals surface area (Å²) in [7, 11) is 0. The van der Waals surface area contributed by atoms with E-state index in [0.29, 0.717) is 67.8 Å². The van der Waals surface area contributed by atoms with E-state index >= 15 is 0 Å². The van der Waals surface area contributed by atoms with Gasteiger partial charge in [0.25, 0.3) is 5.91 Å². The highest BCUT2D eigenvalue weighted by Gasteiger charge is 2.32. The monoisotopic (exact) mass is 530 g/mol. The molecule has 2 fully saturated rings. The fourth-order valence-electron chi connectivity index (χ4n) is 4.60. The molecule has 0 atom stereocenters. The van der Waals surface area contributed by atoms with Crippen molar-refractivity contribution < 1.29 is 32.0 Å². The van der Waals surface area contributed by atoms with Gasteiger partial charge in [-0.2, -0.15) is 13.2 Å². The molecule has 3 heterocycles. The van der Waals surface area contributed by atoms with Crippen LogP contribution in [0.3, 0.4) is 0 Å². The molecular weight excluding hydrogens is 501 g/mol. The standard InChI is InChI=1S/C27H29F3N4O4/c1-17-2-3-20(15-23(17)24-16-25(38-33-24)26(35)32-19-4-8-36-9-5-19)31-21-12-18(27(28,29)30)13-22(14-21)34-6-10-37-11-7-34/h2-3,12-16,19,31H,4-11H2,1H3,(H,32,35). The van der Waals surface area contributed by atoms with Crippen LogP contribution in [0.5, 0.6) is 0 Å². The third kappa shape index (κ3) is 6.11. The van der Waals surface area contributed by atoms with Crippen LogP contribution in [-0.2, 0) is 15.7 Å². The van der Waals surface area contributed by atoms with Crippen LogP contribution in [0.4, 0.5) is 30.2 Å². The van der Waals surface area contributed by atoms with Crippen LogP contribution in [-0.4, -0.2) is 56.6 Å². The van der Waals surface area contributed by atoms with Gasteiger partial charge in [-0.3, -0.25) is 4.79 Å². The van der Waals surface area contributed by atoms with Crippen LogP contribution in [0.2, 0.25) is 0 Å². The summed E-state index contributed by atoms with van der Waals surface area (Å²) in [5.41, 5.74) is 2.67. The molecule has 2 aromatic carbocycles. The number of nitrogens with one attached hydrogen (secondary N) is 2. The molecule has 2 saturated heterocycles. The minimum Gasteiger partial charge on any atom is -0.381 e. The lowest BCUT2D eigenvalue weighted by atomic mass is 10.0. The van der Waals surface area contributed by atoms with Crippen molar-refractivity contribution in [2.75, 3.05) is 49.7 Å². The average molecular weight is 531 g/mol. The number of halogens is 3. The van der Waals surface area contributed by atoms with Gasteiger partial charge in [0.2, 0.25) is 5.76 Å². The van der Waals surface area contributed by atoms with Gasteiger partial charge in [-0.1, -0.05) is 11.2 Å². The molecule has 2 N–H and O–H groups in total. The Morgan fingerprint density at radius 2 is 1.71 bits per heavy atom. The van der Waals surface area contributed by atoms with E-state index in [4.69, 9.17) is 14.0 Å². The van der Waals surface area contributed by atoms with E-state index in [-0.39, 0.29) is 17.7 Å². The molecule has 202 valence electrons. The Kier molecular flexibility index (Phi) is 7.57. The molecule has 1 amide bonds. The maximum atomic E-state index is 13.7. The summed E-state index contributed by atoms with van der Waals surface area (Å²) in [4.78, 5) is 14.5. The zero-order valence-electron chi connectivity index (χ0n) is 20.9. The van der Waals surface area contributed by atoms with E-state index in [1.807, 2.05) is 17.9 Å². The molecule has 0 aliphatic carbocycles. The second-order valence-electron chi connectivity index (χ2n) is 9.46. The fourth-order valence-corrected chi connectivity index (χ4v) is 4.60. The highest BCUT2D eigenvalue weighted by molar-refractivity contribution is 5.92. The van der Waals surface area contributed by atoms with Crippen LogP contribution in [0.1, 0.15) is 34.5 Å². The first-order valence-electron chi connectivity index (χ1n) is 12.5. The number of rotatable bonds is 6. The lowest BCUT2D eigenvalue weighted by Gasteiger charge is -2.30. The zero-order chi connectivity index (χ0) is 26.7. The number of hydrogen-bond acceptors (Lipinski definition) is 7. The van der Waals surface area contributed by atoms with Gasteiger partial charge < -0.3 is 29.5 Å². The Balaban J connectivity index is 1.37. The summed E-state index contributed by atoms with van der Waals surface area (Å²) < 4.78 is 57.0. The van der Waals surface area contributed by atoms with Crippen molar-refractivity contribution in [1.82, 2.24) is 10.5 Å². The number of ether oxygens (including phenoxy) is 2. The number of carbonyl (C=O) groups is 1. The summed E-state index contributed by atoms with van der Waals surface area (Å²) in [5.74, 6) is -0.250. The third-order valence-corrected chi connectivity index (χ3v) is 6.71. The van der Waals surface area contributed by atoms with Crippen molar-refractivity contribution in [3.05, 3.63) is 59.4 Å². The number of amides is 1. The molecule has 11 heteroatoms. The highest BCUT2D eigenvalue weighted by Crippen LogP contribution is 2.36. The summed E-state index contributed by atoms with van der Waals surface area (Å²) in [5, 5.41) is 10.1. The van der Waals surface area contributed by atoms with Gasteiger partial charge in [-0.15, -0.1) is 0 Å². The molecule has 0 saturated carbocycles. The number of alkyl halides is 3. The first kappa shape index (κ1) is 26.1. The smallest absolute Gasteiger partial charge is 0.381 e. The Bertz CT molecular complexity index is 1280. The van der Waals surface area contributed by atoms with Crippen molar-refractivity contribution in [3.8, 4) is 11.3 Å². The van der Waals surface area contributed by atoms with Gasteiger partial charge in [0.1, 0.15) is 5.69 Å². The van der Waals surface area contributed by atoms with Gasteiger partial charge in [0.05, 0.1) is 18.8 Å². The minimum absolute atomic E-state index is 0.0221. The van der Waals surface area contributed by atoms with Crippen molar-refractivity contribution in [3.63, 3.8) is 0 Å². The predicted molar refractivity (Wildman–Crippen MR) is 136 cm³/mol. The first-order valence-corrected chi connectivity index (χ1v) is 12.5. The lowest BCUT2D eigenvalue weighted by Crippen LogP contribution is -2.38. The van der Waals surface area contributed by atoms with E-state index in [0.717, 1.165) is 24.5 Å². The number of anilines is 3. The van der Waals surface area contributed by atoms with E-state index < -0.39 is 11.7 Å². The summed E-state index contributed by atoms with van der Waals surface area (Å²) >= 11 is 0. The molecule has 0 bridgehead atoms. The Labute approximate surface area is 218 Å². The van der Waals surface area contributed by atoms with Gasteiger partial charge in [0, 0.05) is 61.0 Å². The van der Waals surface area contributed by atoms with Crippen LogP contribution in [0, 0.1) is 6.92 Å². The van der Waals surface area contributed by atoms with Crippen LogP contribution in [0.25, 0.3) is 11.3 Å². The Morgan fingerprint density at radius 1 is 0.974 bits per heavy atom. The molecule has 3 aromatic rings. The molecule has 0 radical (unpaired) electrons. The summed E-state index contributed by atoms with van der Waals surface area (Å²) in [6.07, 6.45) is -3.01. The summed E-state index contributed by atoms with van der Waals surface area (Å²) in [6.45, 7) is 5.06. The Morgan fingerprint density at radius 3 is 2.45 bits per heavy atom. The van der Waals surface area contributed by atoms with Gasteiger partial charge >= 0.3 is 6.18 Å².